The Morgan fingerprint density at radius 1 is 1.24 bits per heavy atom. The second-order valence-corrected chi connectivity index (χ2v) is 6.16. The summed E-state index contributed by atoms with van der Waals surface area (Å²) in [6, 6.07) is 7.19. The number of fused-ring (bicyclic) bond motifs is 1. The summed E-state index contributed by atoms with van der Waals surface area (Å²) >= 11 is 0. The second kappa shape index (κ2) is 8.31. The number of rotatable bonds is 4. The van der Waals surface area contributed by atoms with E-state index >= 15 is 0 Å². The first-order valence-corrected chi connectivity index (χ1v) is 8.26. The van der Waals surface area contributed by atoms with Crippen LogP contribution in [0.1, 0.15) is 19.3 Å². The first-order valence-electron chi connectivity index (χ1n) is 8.26. The van der Waals surface area contributed by atoms with Crippen LogP contribution in [0.15, 0.2) is 33.9 Å². The van der Waals surface area contributed by atoms with Gasteiger partial charge in [-0.1, -0.05) is 12.1 Å². The number of hydrogen-bond donors (Lipinski definition) is 2. The van der Waals surface area contributed by atoms with Crippen LogP contribution in [0, 0.1) is 0 Å². The molecule has 8 heteroatoms. The third kappa shape index (κ3) is 4.11. The standard InChI is InChI=1S/C17H22N4O3.ClH/c1-20(12-6-9-18-10-7-12)15(22)8-11-21-14-5-3-2-4-13(14)16(23)19-17(21)24;/h2-5,12,18H,6-11H2,1H3,(H,19,23,24);1H. The number of nitrogens with one attached hydrogen (secondary N) is 2. The second-order valence-electron chi connectivity index (χ2n) is 6.16. The van der Waals surface area contributed by atoms with Gasteiger partial charge in [0.25, 0.3) is 5.56 Å². The number of nitrogens with zero attached hydrogens (tertiary/aromatic N) is 2. The average Bonchev–Trinajstić information content (AvgIpc) is 2.61. The van der Waals surface area contributed by atoms with Crippen molar-refractivity contribution in [1.82, 2.24) is 19.8 Å². The Bertz CT molecular complexity index is 855. The third-order valence-corrected chi connectivity index (χ3v) is 4.70. The van der Waals surface area contributed by atoms with E-state index in [1.54, 1.807) is 29.2 Å². The van der Waals surface area contributed by atoms with Crippen LogP contribution >= 0.6 is 12.4 Å². The number of aromatic nitrogens is 2. The van der Waals surface area contributed by atoms with Crippen molar-refractivity contribution in [2.24, 2.45) is 0 Å². The van der Waals surface area contributed by atoms with Crippen LogP contribution in [-0.4, -0.2) is 46.5 Å². The quantitative estimate of drug-likeness (QED) is 0.834. The predicted molar refractivity (Wildman–Crippen MR) is 99.4 cm³/mol. The molecule has 0 unspecified atom stereocenters. The Morgan fingerprint density at radius 2 is 1.92 bits per heavy atom. The van der Waals surface area contributed by atoms with Gasteiger partial charge in [-0.25, -0.2) is 4.79 Å². The zero-order valence-electron chi connectivity index (χ0n) is 14.2. The van der Waals surface area contributed by atoms with Crippen LogP contribution < -0.4 is 16.6 Å². The van der Waals surface area contributed by atoms with Crippen molar-refractivity contribution in [3.8, 4) is 0 Å². The Balaban J connectivity index is 0.00000225. The summed E-state index contributed by atoms with van der Waals surface area (Å²) in [5, 5.41) is 3.74. The highest BCUT2D eigenvalue weighted by atomic mass is 35.5. The van der Waals surface area contributed by atoms with E-state index in [2.05, 4.69) is 10.3 Å². The summed E-state index contributed by atoms with van der Waals surface area (Å²) in [6.07, 6.45) is 2.13. The third-order valence-electron chi connectivity index (χ3n) is 4.70. The first-order chi connectivity index (χ1) is 11.6. The molecular formula is C17H23ClN4O3. The van der Waals surface area contributed by atoms with E-state index in [4.69, 9.17) is 0 Å². The van der Waals surface area contributed by atoms with Gasteiger partial charge in [0.05, 0.1) is 10.9 Å². The Labute approximate surface area is 151 Å². The van der Waals surface area contributed by atoms with Crippen molar-refractivity contribution >= 4 is 29.2 Å². The monoisotopic (exact) mass is 366 g/mol. The predicted octanol–water partition coefficient (Wildman–Crippen LogP) is 0.712. The topological polar surface area (TPSA) is 87.2 Å². The van der Waals surface area contributed by atoms with E-state index in [0.29, 0.717) is 10.9 Å². The van der Waals surface area contributed by atoms with Crippen molar-refractivity contribution < 1.29 is 4.79 Å². The number of benzene rings is 1. The molecule has 2 heterocycles. The number of aromatic amines is 1. The summed E-state index contributed by atoms with van der Waals surface area (Å²) < 4.78 is 1.46. The molecule has 1 amide bonds. The molecule has 0 saturated carbocycles. The zero-order valence-corrected chi connectivity index (χ0v) is 15.0. The van der Waals surface area contributed by atoms with E-state index in [1.165, 1.54) is 4.57 Å². The van der Waals surface area contributed by atoms with Gasteiger partial charge in [0, 0.05) is 26.1 Å². The van der Waals surface area contributed by atoms with E-state index in [0.717, 1.165) is 25.9 Å². The molecule has 25 heavy (non-hydrogen) atoms. The lowest BCUT2D eigenvalue weighted by Gasteiger charge is -2.31. The minimum Gasteiger partial charge on any atom is -0.343 e. The number of halogens is 1. The smallest absolute Gasteiger partial charge is 0.328 e. The summed E-state index contributed by atoms with van der Waals surface area (Å²) in [4.78, 5) is 40.5. The largest absolute Gasteiger partial charge is 0.343 e. The minimum atomic E-state index is -0.476. The van der Waals surface area contributed by atoms with Crippen molar-refractivity contribution in [2.45, 2.75) is 31.8 Å². The number of H-pyrrole nitrogens is 1. The molecule has 1 aromatic carbocycles. The molecule has 0 radical (unpaired) electrons. The molecule has 1 aromatic heterocycles. The van der Waals surface area contributed by atoms with Gasteiger partial charge in [-0.15, -0.1) is 12.4 Å². The number of carbonyl (C=O) groups is 1. The van der Waals surface area contributed by atoms with E-state index < -0.39 is 11.2 Å². The van der Waals surface area contributed by atoms with Crippen molar-refractivity contribution in [1.29, 1.82) is 0 Å². The van der Waals surface area contributed by atoms with Crippen LogP contribution in [0.5, 0.6) is 0 Å². The van der Waals surface area contributed by atoms with Crippen LogP contribution in [0.25, 0.3) is 10.9 Å². The van der Waals surface area contributed by atoms with E-state index in [-0.39, 0.29) is 37.3 Å². The highest BCUT2D eigenvalue weighted by Crippen LogP contribution is 2.12. The van der Waals surface area contributed by atoms with Gasteiger partial charge in [0.2, 0.25) is 5.91 Å². The molecule has 0 atom stereocenters. The lowest BCUT2D eigenvalue weighted by molar-refractivity contribution is -0.132. The molecule has 136 valence electrons. The fourth-order valence-electron chi connectivity index (χ4n) is 3.25. The SMILES string of the molecule is CN(C(=O)CCn1c(=O)[nH]c(=O)c2ccccc21)C1CCNCC1.Cl. The van der Waals surface area contributed by atoms with Crippen LogP contribution in [0.4, 0.5) is 0 Å². The molecule has 3 rings (SSSR count). The number of aryl methyl sites for hydroxylation is 1. The summed E-state index contributed by atoms with van der Waals surface area (Å²) in [5.74, 6) is 0.0177. The molecule has 1 aliphatic heterocycles. The summed E-state index contributed by atoms with van der Waals surface area (Å²) in [5.41, 5.74) is -0.315. The molecule has 1 saturated heterocycles. The van der Waals surface area contributed by atoms with Crippen molar-refractivity contribution in [3.05, 3.63) is 45.1 Å². The van der Waals surface area contributed by atoms with Gasteiger partial charge in [-0.05, 0) is 38.1 Å². The minimum absolute atomic E-state index is 0. The van der Waals surface area contributed by atoms with E-state index in [1.807, 2.05) is 7.05 Å². The van der Waals surface area contributed by atoms with Gasteiger partial charge in [-0.3, -0.25) is 19.1 Å². The molecule has 0 aliphatic carbocycles. The van der Waals surface area contributed by atoms with Gasteiger partial charge < -0.3 is 10.2 Å². The highest BCUT2D eigenvalue weighted by Gasteiger charge is 2.21. The van der Waals surface area contributed by atoms with Crippen molar-refractivity contribution in [3.63, 3.8) is 0 Å². The molecule has 1 aliphatic rings. The molecule has 0 spiro atoms. The first kappa shape index (κ1) is 19.2. The Kier molecular flexibility index (Phi) is 6.39. The maximum Gasteiger partial charge on any atom is 0.328 e. The maximum absolute atomic E-state index is 12.4. The van der Waals surface area contributed by atoms with Gasteiger partial charge in [0.1, 0.15) is 0 Å². The number of carbonyl (C=O) groups excluding carboxylic acids is 1. The number of hydrogen-bond acceptors (Lipinski definition) is 4. The Hall–Kier alpha value is -2.12. The summed E-state index contributed by atoms with van der Waals surface area (Å²) in [6.45, 7) is 2.10. The zero-order chi connectivity index (χ0) is 17.1. The maximum atomic E-state index is 12.4. The fourth-order valence-corrected chi connectivity index (χ4v) is 3.25. The average molecular weight is 367 g/mol. The lowest BCUT2D eigenvalue weighted by atomic mass is 10.1. The normalized spacial score (nSPS) is 14.9. The number of amides is 1. The van der Waals surface area contributed by atoms with Crippen LogP contribution in [0.3, 0.4) is 0 Å². The van der Waals surface area contributed by atoms with Gasteiger partial charge in [0.15, 0.2) is 0 Å². The van der Waals surface area contributed by atoms with E-state index in [9.17, 15) is 14.4 Å². The molecule has 2 aromatic rings. The van der Waals surface area contributed by atoms with Gasteiger partial charge >= 0.3 is 5.69 Å². The Morgan fingerprint density at radius 3 is 2.64 bits per heavy atom. The lowest BCUT2D eigenvalue weighted by Crippen LogP contribution is -2.44. The summed E-state index contributed by atoms with van der Waals surface area (Å²) in [7, 11) is 1.83. The highest BCUT2D eigenvalue weighted by molar-refractivity contribution is 5.85. The number of para-hydroxylation sites is 1. The van der Waals surface area contributed by atoms with Gasteiger partial charge in [-0.2, -0.15) is 0 Å². The van der Waals surface area contributed by atoms with Crippen LogP contribution in [0.2, 0.25) is 0 Å². The van der Waals surface area contributed by atoms with Crippen LogP contribution in [-0.2, 0) is 11.3 Å². The molecule has 7 nitrogen and oxygen atoms in total. The molecule has 2 N–H and O–H groups in total. The van der Waals surface area contributed by atoms with Crippen molar-refractivity contribution in [2.75, 3.05) is 20.1 Å². The molecular weight excluding hydrogens is 344 g/mol. The number of piperidine rings is 1. The molecule has 1 fully saturated rings. The molecule has 0 bridgehead atoms. The fraction of sp³-hybridized carbons (Fsp3) is 0.471.